The number of nitrogens with one attached hydrogen (secondary N) is 3. The number of carbonyl (C=O) groups excluding carboxylic acids is 1. The molecular formula is C22H27ClN8O2. The smallest absolute Gasteiger partial charge is 0.255 e. The Labute approximate surface area is 196 Å². The van der Waals surface area contributed by atoms with Crippen LogP contribution >= 0.6 is 11.6 Å². The number of nitrogen functional groups attached to an aromatic ring is 1. The van der Waals surface area contributed by atoms with Gasteiger partial charge in [0, 0.05) is 35.4 Å². The third kappa shape index (κ3) is 3.96. The summed E-state index contributed by atoms with van der Waals surface area (Å²) >= 11 is 6.58. The van der Waals surface area contributed by atoms with E-state index in [4.69, 9.17) is 27.2 Å². The molecule has 0 radical (unpaired) electrons. The van der Waals surface area contributed by atoms with Gasteiger partial charge < -0.3 is 21.2 Å². The average molecular weight is 471 g/mol. The van der Waals surface area contributed by atoms with E-state index in [1.165, 1.54) is 6.33 Å². The monoisotopic (exact) mass is 470 g/mol. The Morgan fingerprint density at radius 1 is 1.39 bits per heavy atom. The van der Waals surface area contributed by atoms with Gasteiger partial charge in [0.05, 0.1) is 23.6 Å². The van der Waals surface area contributed by atoms with E-state index in [2.05, 4.69) is 26.1 Å². The molecule has 1 amide bonds. The van der Waals surface area contributed by atoms with Gasteiger partial charge in [0.25, 0.3) is 5.91 Å². The van der Waals surface area contributed by atoms with E-state index < -0.39 is 0 Å². The molecule has 0 saturated heterocycles. The Morgan fingerprint density at radius 2 is 2.18 bits per heavy atom. The standard InChI is InChI=1S/C22H27ClN8O2/c1-5-25-22(32)16-11(3)15(23)7-14(19(16)33-6-2)12(4)31-21-17(20(24)26-10-27-21)18(30-31)13-8-28-29-9-13/h7-8,10,12,28-29H,5-6,9H2,1-4H3,(H,25,32)(H2,24,26,27). The number of hydrogen-bond donors (Lipinski definition) is 4. The first-order valence-corrected chi connectivity index (χ1v) is 11.2. The van der Waals surface area contributed by atoms with Crippen molar-refractivity contribution in [2.75, 3.05) is 25.4 Å². The highest BCUT2D eigenvalue weighted by atomic mass is 35.5. The van der Waals surface area contributed by atoms with Crippen LogP contribution in [0.4, 0.5) is 5.82 Å². The molecule has 5 N–H and O–H groups in total. The predicted octanol–water partition coefficient (Wildman–Crippen LogP) is 2.58. The van der Waals surface area contributed by atoms with Gasteiger partial charge in [-0.2, -0.15) is 5.10 Å². The summed E-state index contributed by atoms with van der Waals surface area (Å²) < 4.78 is 7.78. The molecule has 0 fully saturated rings. The first-order valence-electron chi connectivity index (χ1n) is 10.8. The molecule has 4 rings (SSSR count). The molecule has 33 heavy (non-hydrogen) atoms. The van der Waals surface area contributed by atoms with Crippen LogP contribution in [0.5, 0.6) is 5.75 Å². The van der Waals surface area contributed by atoms with Gasteiger partial charge in [-0.3, -0.25) is 4.79 Å². The first kappa shape index (κ1) is 22.8. The van der Waals surface area contributed by atoms with Crippen molar-refractivity contribution < 1.29 is 9.53 Å². The average Bonchev–Trinajstić information content (AvgIpc) is 3.44. The number of ether oxygens (including phenoxy) is 1. The van der Waals surface area contributed by atoms with Crippen LogP contribution in [-0.2, 0) is 0 Å². The fraction of sp³-hybridized carbons (Fsp3) is 0.364. The summed E-state index contributed by atoms with van der Waals surface area (Å²) in [5, 5.41) is 8.85. The second kappa shape index (κ2) is 9.24. The van der Waals surface area contributed by atoms with Crippen LogP contribution < -0.4 is 26.6 Å². The topological polar surface area (TPSA) is 132 Å². The zero-order valence-corrected chi connectivity index (χ0v) is 19.7. The summed E-state index contributed by atoms with van der Waals surface area (Å²) in [4.78, 5) is 21.6. The van der Waals surface area contributed by atoms with Gasteiger partial charge in [-0.05, 0) is 39.3 Å². The molecule has 10 nitrogen and oxygen atoms in total. The number of halogens is 1. The highest BCUT2D eigenvalue weighted by molar-refractivity contribution is 6.32. The fourth-order valence-corrected chi connectivity index (χ4v) is 4.20. The number of benzene rings is 1. The molecule has 11 heteroatoms. The second-order valence-electron chi connectivity index (χ2n) is 7.66. The summed E-state index contributed by atoms with van der Waals surface area (Å²) in [5.41, 5.74) is 16.2. The molecule has 1 atom stereocenters. The number of hydrazine groups is 1. The van der Waals surface area contributed by atoms with E-state index in [9.17, 15) is 4.79 Å². The minimum atomic E-state index is -0.369. The molecule has 0 aliphatic carbocycles. The Kier molecular flexibility index (Phi) is 6.39. The minimum absolute atomic E-state index is 0.236. The SMILES string of the molecule is CCNC(=O)c1c(C)c(Cl)cc(C(C)n2nc(C3=CNNC3)c3c(N)ncnc32)c1OCC. The molecule has 0 bridgehead atoms. The molecule has 1 unspecified atom stereocenters. The van der Waals surface area contributed by atoms with Crippen molar-refractivity contribution in [3.05, 3.63) is 46.0 Å². The molecule has 1 aliphatic rings. The lowest BCUT2D eigenvalue weighted by molar-refractivity contribution is 0.0951. The predicted molar refractivity (Wildman–Crippen MR) is 128 cm³/mol. The number of hydrogen-bond acceptors (Lipinski definition) is 8. The van der Waals surface area contributed by atoms with E-state index in [1.54, 1.807) is 4.68 Å². The van der Waals surface area contributed by atoms with Crippen molar-refractivity contribution in [2.24, 2.45) is 0 Å². The van der Waals surface area contributed by atoms with E-state index >= 15 is 0 Å². The molecule has 2 aromatic heterocycles. The number of nitrogens with zero attached hydrogens (tertiary/aromatic N) is 4. The van der Waals surface area contributed by atoms with Crippen molar-refractivity contribution >= 4 is 39.9 Å². The number of anilines is 1. The number of carbonyl (C=O) groups is 1. The zero-order chi connectivity index (χ0) is 23.7. The largest absolute Gasteiger partial charge is 0.493 e. The van der Waals surface area contributed by atoms with Crippen LogP contribution in [0.25, 0.3) is 16.6 Å². The number of fused-ring (bicyclic) bond motifs is 1. The Morgan fingerprint density at radius 3 is 2.85 bits per heavy atom. The third-order valence-electron chi connectivity index (χ3n) is 5.62. The fourth-order valence-electron chi connectivity index (χ4n) is 3.99. The molecule has 0 saturated carbocycles. The summed E-state index contributed by atoms with van der Waals surface area (Å²) in [5.74, 6) is 0.588. The van der Waals surface area contributed by atoms with Gasteiger partial charge >= 0.3 is 0 Å². The van der Waals surface area contributed by atoms with Crippen molar-refractivity contribution in [2.45, 2.75) is 33.7 Å². The lowest BCUT2D eigenvalue weighted by Gasteiger charge is -2.22. The maximum atomic E-state index is 12.9. The Balaban J connectivity index is 1.94. The van der Waals surface area contributed by atoms with Gasteiger partial charge in [0.1, 0.15) is 23.6 Å². The van der Waals surface area contributed by atoms with Crippen LogP contribution in [0.1, 0.15) is 54.0 Å². The zero-order valence-electron chi connectivity index (χ0n) is 19.0. The van der Waals surface area contributed by atoms with Crippen molar-refractivity contribution in [3.8, 4) is 5.75 Å². The number of amides is 1. The quantitative estimate of drug-likeness (QED) is 0.414. The van der Waals surface area contributed by atoms with Crippen LogP contribution in [0.2, 0.25) is 5.02 Å². The van der Waals surface area contributed by atoms with E-state index in [0.717, 1.165) is 11.1 Å². The molecular weight excluding hydrogens is 444 g/mol. The van der Waals surface area contributed by atoms with Crippen molar-refractivity contribution in [1.29, 1.82) is 0 Å². The lowest BCUT2D eigenvalue weighted by atomic mass is 9.98. The maximum Gasteiger partial charge on any atom is 0.255 e. The van der Waals surface area contributed by atoms with Crippen LogP contribution in [0, 0.1) is 6.92 Å². The summed E-state index contributed by atoms with van der Waals surface area (Å²) in [6.07, 6.45) is 3.25. The maximum absolute atomic E-state index is 12.9. The van der Waals surface area contributed by atoms with Crippen LogP contribution in [0.15, 0.2) is 18.6 Å². The number of rotatable bonds is 7. The third-order valence-corrected chi connectivity index (χ3v) is 6.02. The minimum Gasteiger partial charge on any atom is -0.493 e. The van der Waals surface area contributed by atoms with Crippen molar-refractivity contribution in [1.82, 2.24) is 35.9 Å². The van der Waals surface area contributed by atoms with Gasteiger partial charge in [-0.1, -0.05) is 11.6 Å². The highest BCUT2D eigenvalue weighted by Crippen LogP contribution is 2.39. The molecule has 3 aromatic rings. The van der Waals surface area contributed by atoms with E-state index in [-0.39, 0.29) is 11.9 Å². The molecule has 1 aliphatic heterocycles. The van der Waals surface area contributed by atoms with Crippen LogP contribution in [0.3, 0.4) is 0 Å². The van der Waals surface area contributed by atoms with E-state index in [0.29, 0.717) is 64.1 Å². The van der Waals surface area contributed by atoms with Gasteiger partial charge in [-0.25, -0.2) is 20.1 Å². The number of aromatic nitrogens is 4. The Hall–Kier alpha value is -3.37. The summed E-state index contributed by atoms with van der Waals surface area (Å²) in [6.45, 7) is 8.97. The Bertz CT molecular complexity index is 1250. The van der Waals surface area contributed by atoms with Crippen molar-refractivity contribution in [3.63, 3.8) is 0 Å². The van der Waals surface area contributed by atoms with E-state index in [1.807, 2.05) is 40.0 Å². The second-order valence-corrected chi connectivity index (χ2v) is 8.07. The molecule has 3 heterocycles. The summed E-state index contributed by atoms with van der Waals surface area (Å²) in [6, 6.07) is 1.46. The lowest BCUT2D eigenvalue weighted by Crippen LogP contribution is -2.25. The van der Waals surface area contributed by atoms with Crippen LogP contribution in [-0.4, -0.2) is 45.4 Å². The molecule has 174 valence electrons. The van der Waals surface area contributed by atoms with Gasteiger partial charge in [0.15, 0.2) is 5.65 Å². The first-order chi connectivity index (χ1) is 15.9. The number of nitrogens with two attached hydrogens (primary N) is 1. The van der Waals surface area contributed by atoms with Gasteiger partial charge in [0.2, 0.25) is 0 Å². The molecule has 1 aromatic carbocycles. The summed E-state index contributed by atoms with van der Waals surface area (Å²) in [7, 11) is 0. The molecule has 0 spiro atoms. The normalized spacial score (nSPS) is 14.2. The van der Waals surface area contributed by atoms with Gasteiger partial charge in [-0.15, -0.1) is 0 Å². The highest BCUT2D eigenvalue weighted by Gasteiger charge is 2.28.